The highest BCUT2D eigenvalue weighted by Crippen LogP contribution is 2.23. The normalized spacial score (nSPS) is 13.4. The Bertz CT molecular complexity index is 898. The number of aromatic nitrogens is 1. The number of nitrogens with two attached hydrogens (primary N) is 3. The lowest BCUT2D eigenvalue weighted by Crippen LogP contribution is -2.32. The topological polar surface area (TPSA) is 145 Å². The van der Waals surface area contributed by atoms with Crippen LogP contribution in [0.4, 0.5) is 4.39 Å². The number of amides is 1. The van der Waals surface area contributed by atoms with Crippen molar-refractivity contribution in [3.05, 3.63) is 78.7 Å². The van der Waals surface area contributed by atoms with Crippen LogP contribution in [0.3, 0.4) is 0 Å². The molecule has 0 aromatic carbocycles. The highest BCUT2D eigenvalue weighted by atomic mass is 19.1. The zero-order valence-corrected chi connectivity index (χ0v) is 16.5. The van der Waals surface area contributed by atoms with Gasteiger partial charge in [-0.2, -0.15) is 0 Å². The number of hydrogen-bond acceptors (Lipinski definition) is 4. The molecule has 0 aliphatic heterocycles. The van der Waals surface area contributed by atoms with E-state index in [0.717, 1.165) is 0 Å². The molecule has 0 saturated carbocycles. The van der Waals surface area contributed by atoms with Crippen molar-refractivity contribution < 1.29 is 9.18 Å². The summed E-state index contributed by atoms with van der Waals surface area (Å²) in [6.07, 6.45) is 7.08. The van der Waals surface area contributed by atoms with Gasteiger partial charge in [-0.15, -0.1) is 0 Å². The van der Waals surface area contributed by atoms with Crippen LogP contribution in [-0.4, -0.2) is 29.2 Å². The minimum atomic E-state index is -0.659. The average molecular weight is 399 g/mol. The molecule has 1 rings (SSSR count). The Morgan fingerprint density at radius 2 is 2.07 bits per heavy atom. The number of pyridine rings is 1. The van der Waals surface area contributed by atoms with Gasteiger partial charge in [-0.3, -0.25) is 14.8 Å². The molecule has 0 bridgehead atoms. The lowest BCUT2D eigenvalue weighted by Gasteiger charge is -2.22. The Labute approximate surface area is 169 Å². The van der Waals surface area contributed by atoms with E-state index in [1.165, 1.54) is 42.9 Å². The largest absolute Gasteiger partial charge is 0.383 e. The third kappa shape index (κ3) is 7.41. The first-order chi connectivity index (χ1) is 13.6. The predicted octanol–water partition coefficient (Wildman–Crippen LogP) is 1.38. The van der Waals surface area contributed by atoms with Gasteiger partial charge in [-0.25, -0.2) is 9.38 Å². The highest BCUT2D eigenvalue weighted by molar-refractivity contribution is 6.00. The molecule has 154 valence electrons. The Morgan fingerprint density at radius 1 is 1.38 bits per heavy atom. The van der Waals surface area contributed by atoms with Crippen molar-refractivity contribution in [3.8, 4) is 0 Å². The third-order valence-electron chi connectivity index (χ3n) is 3.74. The summed E-state index contributed by atoms with van der Waals surface area (Å²) in [7, 11) is 0. The molecule has 8 nitrogen and oxygen atoms in total. The summed E-state index contributed by atoms with van der Waals surface area (Å²) in [5.41, 5.74) is 17.0. The van der Waals surface area contributed by atoms with Crippen molar-refractivity contribution in [3.63, 3.8) is 0 Å². The molecule has 1 amide bonds. The number of guanidine groups is 1. The smallest absolute Gasteiger partial charge is 0.248 e. The van der Waals surface area contributed by atoms with Gasteiger partial charge in [0.1, 0.15) is 11.7 Å². The van der Waals surface area contributed by atoms with Gasteiger partial charge < -0.3 is 22.5 Å². The second kappa shape index (κ2) is 10.5. The van der Waals surface area contributed by atoms with Crippen molar-refractivity contribution in [1.29, 1.82) is 0 Å². The predicted molar refractivity (Wildman–Crippen MR) is 114 cm³/mol. The molecule has 0 radical (unpaired) electrons. The summed E-state index contributed by atoms with van der Waals surface area (Å²) in [5, 5.41) is 2.77. The monoisotopic (exact) mass is 399 g/mol. The van der Waals surface area contributed by atoms with Crippen LogP contribution in [0.2, 0.25) is 0 Å². The average Bonchev–Trinajstić information content (AvgIpc) is 2.67. The molecule has 7 N–H and O–H groups in total. The first-order valence-corrected chi connectivity index (χ1v) is 8.57. The number of halogens is 1. The number of carbonyl (C=O) groups is 1. The Hall–Kier alpha value is -3.75. The number of nitrogens with zero attached hydrogens (tertiary/aromatic N) is 3. The molecule has 0 spiro atoms. The number of nitrogens with one attached hydrogen (secondary N) is 1. The lowest BCUT2D eigenvalue weighted by molar-refractivity contribution is -0.114. The van der Waals surface area contributed by atoms with Gasteiger partial charge in [-0.1, -0.05) is 33.1 Å². The van der Waals surface area contributed by atoms with E-state index in [1.54, 1.807) is 0 Å². The zero-order chi connectivity index (χ0) is 22.0. The van der Waals surface area contributed by atoms with Gasteiger partial charge in [0, 0.05) is 35.2 Å². The minimum Gasteiger partial charge on any atom is -0.383 e. The van der Waals surface area contributed by atoms with Crippen LogP contribution in [0, 0.1) is 5.82 Å². The number of amidine groups is 1. The quantitative estimate of drug-likeness (QED) is 0.215. The molecule has 0 aliphatic rings. The summed E-state index contributed by atoms with van der Waals surface area (Å²) in [6, 6.07) is 2.88. The Kier molecular flexibility index (Phi) is 8.47. The number of primary amides is 1. The lowest BCUT2D eigenvalue weighted by atomic mass is 9.88. The van der Waals surface area contributed by atoms with E-state index in [4.69, 9.17) is 17.2 Å². The van der Waals surface area contributed by atoms with E-state index < -0.39 is 17.1 Å². The standard InChI is InChI=1S/C20H26FN7O/c1-5-14(17(22)26-10-8-13(2)18(23)29)11-27-19(24)28-12-20(3,4)16-15(21)7-6-9-25-16/h5-11H,1-2,12H2,3-4H3,(H2,22,26)(H2,23,29)(H3,24,27,28)/b10-8-,14-11+. The minimum absolute atomic E-state index is 0.0899. The number of carbonyl (C=O) groups excluding carboxylic acids is 1. The molecule has 1 aromatic rings. The van der Waals surface area contributed by atoms with Gasteiger partial charge in [0.15, 0.2) is 5.96 Å². The fraction of sp³-hybridized carbons (Fsp3) is 0.200. The van der Waals surface area contributed by atoms with E-state index in [2.05, 4.69) is 33.4 Å². The second-order valence-corrected chi connectivity index (χ2v) is 6.59. The fourth-order valence-electron chi connectivity index (χ4n) is 2.04. The van der Waals surface area contributed by atoms with Gasteiger partial charge in [0.25, 0.3) is 0 Å². The van der Waals surface area contributed by atoms with E-state index in [0.29, 0.717) is 11.3 Å². The molecule has 0 saturated heterocycles. The van der Waals surface area contributed by atoms with Gasteiger partial charge in [0.05, 0.1) is 12.2 Å². The Balaban J connectivity index is 2.83. The van der Waals surface area contributed by atoms with E-state index in [-0.39, 0.29) is 23.9 Å². The van der Waals surface area contributed by atoms with Crippen LogP contribution in [0.5, 0.6) is 0 Å². The van der Waals surface area contributed by atoms with Gasteiger partial charge in [0.2, 0.25) is 5.91 Å². The molecule has 0 atom stereocenters. The van der Waals surface area contributed by atoms with Crippen molar-refractivity contribution in [2.75, 3.05) is 6.54 Å². The first kappa shape index (κ1) is 23.3. The van der Waals surface area contributed by atoms with Gasteiger partial charge in [-0.05, 0) is 18.2 Å². The number of aliphatic imine (C=N–C) groups is 2. The fourth-order valence-corrected chi connectivity index (χ4v) is 2.04. The maximum absolute atomic E-state index is 14.0. The van der Waals surface area contributed by atoms with Crippen LogP contribution < -0.4 is 22.5 Å². The van der Waals surface area contributed by atoms with Crippen LogP contribution in [-0.2, 0) is 10.2 Å². The molecule has 1 heterocycles. The SMILES string of the molecule is C=CC(=C\NC(N)=NCC(C)(C)c1ncccc1F)/C(N)=N/C=C\C(=C)C(N)=O. The summed E-state index contributed by atoms with van der Waals surface area (Å²) in [4.78, 5) is 23.2. The number of hydrogen-bond donors (Lipinski definition) is 4. The molecule has 1 aromatic heterocycles. The molecule has 29 heavy (non-hydrogen) atoms. The van der Waals surface area contributed by atoms with Crippen LogP contribution in [0.25, 0.3) is 0 Å². The van der Waals surface area contributed by atoms with E-state index >= 15 is 0 Å². The molecular formula is C20H26FN7O. The maximum Gasteiger partial charge on any atom is 0.248 e. The summed E-state index contributed by atoms with van der Waals surface area (Å²) in [5.74, 6) is -0.846. The van der Waals surface area contributed by atoms with E-state index in [1.807, 2.05) is 13.8 Å². The van der Waals surface area contributed by atoms with Crippen molar-refractivity contribution in [2.24, 2.45) is 27.2 Å². The number of rotatable bonds is 9. The summed E-state index contributed by atoms with van der Waals surface area (Å²) >= 11 is 0. The highest BCUT2D eigenvalue weighted by Gasteiger charge is 2.25. The zero-order valence-electron chi connectivity index (χ0n) is 16.5. The van der Waals surface area contributed by atoms with E-state index in [9.17, 15) is 9.18 Å². The third-order valence-corrected chi connectivity index (χ3v) is 3.74. The first-order valence-electron chi connectivity index (χ1n) is 8.57. The Morgan fingerprint density at radius 3 is 2.66 bits per heavy atom. The molecule has 0 aliphatic carbocycles. The second-order valence-electron chi connectivity index (χ2n) is 6.59. The molecule has 9 heteroatoms. The van der Waals surface area contributed by atoms with Crippen molar-refractivity contribution in [2.45, 2.75) is 19.3 Å². The molecule has 0 unspecified atom stereocenters. The van der Waals surface area contributed by atoms with Crippen molar-refractivity contribution >= 4 is 17.7 Å². The maximum atomic E-state index is 14.0. The molecule has 0 fully saturated rings. The van der Waals surface area contributed by atoms with Gasteiger partial charge >= 0.3 is 0 Å². The summed E-state index contributed by atoms with van der Waals surface area (Å²) < 4.78 is 14.0. The van der Waals surface area contributed by atoms with Crippen molar-refractivity contribution in [1.82, 2.24) is 10.3 Å². The summed E-state index contributed by atoms with van der Waals surface area (Å²) in [6.45, 7) is 11.0. The molecular weight excluding hydrogens is 373 g/mol. The van der Waals surface area contributed by atoms with Crippen LogP contribution >= 0.6 is 0 Å². The van der Waals surface area contributed by atoms with Crippen LogP contribution in [0.1, 0.15) is 19.5 Å². The van der Waals surface area contributed by atoms with Crippen LogP contribution in [0.15, 0.2) is 77.2 Å².